The molecule has 94 valence electrons. The second kappa shape index (κ2) is 7.17. The van der Waals surface area contributed by atoms with Gasteiger partial charge in [-0.25, -0.2) is 4.98 Å². The Balaban J connectivity index is 0.000000437. The van der Waals surface area contributed by atoms with E-state index in [1.165, 1.54) is 0 Å². The van der Waals surface area contributed by atoms with Gasteiger partial charge in [-0.1, -0.05) is 0 Å². The van der Waals surface area contributed by atoms with Gasteiger partial charge in [-0.15, -0.1) is 11.3 Å². The Hall–Kier alpha value is -1.23. The zero-order chi connectivity index (χ0) is 12.7. The first-order chi connectivity index (χ1) is 8.21. The van der Waals surface area contributed by atoms with Crippen molar-refractivity contribution in [3.05, 3.63) is 11.1 Å². The van der Waals surface area contributed by atoms with Crippen LogP contribution in [0.5, 0.6) is 0 Å². The van der Waals surface area contributed by atoms with E-state index in [4.69, 9.17) is 14.3 Å². The number of aryl methyl sites for hydroxylation is 1. The molecule has 0 amide bonds. The highest BCUT2D eigenvalue weighted by Gasteiger charge is 2.24. The summed E-state index contributed by atoms with van der Waals surface area (Å²) in [4.78, 5) is 23.0. The first-order valence-electron chi connectivity index (χ1n) is 5.49. The van der Waals surface area contributed by atoms with E-state index in [0.717, 1.165) is 36.9 Å². The van der Waals surface area contributed by atoms with E-state index in [1.54, 1.807) is 11.3 Å². The second-order valence-electron chi connectivity index (χ2n) is 3.67. The lowest BCUT2D eigenvalue weighted by Gasteiger charge is -2.14. The van der Waals surface area contributed by atoms with E-state index in [-0.39, 0.29) is 6.15 Å². The highest BCUT2D eigenvalue weighted by molar-refractivity contribution is 7.13. The second-order valence-corrected chi connectivity index (χ2v) is 4.50. The van der Waals surface area contributed by atoms with Gasteiger partial charge < -0.3 is 9.64 Å². The van der Waals surface area contributed by atoms with Gasteiger partial charge in [0, 0.05) is 25.1 Å². The van der Waals surface area contributed by atoms with E-state index in [0.29, 0.717) is 6.10 Å². The number of carbonyl (C=O) groups excluding carboxylic acids is 2. The third kappa shape index (κ3) is 4.26. The largest absolute Gasteiger partial charge is 0.377 e. The zero-order valence-electron chi connectivity index (χ0n) is 10.0. The minimum absolute atomic E-state index is 0.250. The molecule has 2 heterocycles. The fourth-order valence-corrected chi connectivity index (χ4v) is 2.60. The van der Waals surface area contributed by atoms with Gasteiger partial charge in [0.2, 0.25) is 0 Å². The van der Waals surface area contributed by atoms with Crippen LogP contribution in [0.2, 0.25) is 0 Å². The smallest absolute Gasteiger partial charge is 0.373 e. The minimum atomic E-state index is 0.250. The van der Waals surface area contributed by atoms with Crippen molar-refractivity contribution in [2.24, 2.45) is 0 Å². The van der Waals surface area contributed by atoms with Crippen molar-refractivity contribution in [2.45, 2.75) is 26.4 Å². The standard InChI is InChI=1S/C10H16N2OS.CO2/c1-3-13-9-4-5-12(6-9)10-11-8(2)7-14-10;2-1-3/h7,9H,3-6H2,1-2H3;/t9-;/m1./s1. The molecule has 0 unspecified atom stereocenters. The van der Waals surface area contributed by atoms with E-state index in [9.17, 15) is 0 Å². The Bertz CT molecular complexity index is 375. The van der Waals surface area contributed by atoms with Gasteiger partial charge in [0.15, 0.2) is 5.13 Å². The molecule has 1 atom stereocenters. The predicted octanol–water partition coefficient (Wildman–Crippen LogP) is 1.48. The molecule has 2 rings (SSSR count). The lowest BCUT2D eigenvalue weighted by molar-refractivity contribution is -0.191. The molecule has 0 radical (unpaired) electrons. The summed E-state index contributed by atoms with van der Waals surface area (Å²) in [5.41, 5.74) is 1.12. The van der Waals surface area contributed by atoms with Gasteiger partial charge in [-0.2, -0.15) is 9.59 Å². The van der Waals surface area contributed by atoms with Crippen LogP contribution in [0.25, 0.3) is 0 Å². The van der Waals surface area contributed by atoms with Crippen LogP contribution >= 0.6 is 11.3 Å². The van der Waals surface area contributed by atoms with Crippen LogP contribution in [-0.2, 0) is 14.3 Å². The molecule has 1 saturated heterocycles. The number of nitrogens with zero attached hydrogens (tertiary/aromatic N) is 2. The van der Waals surface area contributed by atoms with Crippen molar-refractivity contribution in [2.75, 3.05) is 24.6 Å². The van der Waals surface area contributed by atoms with Gasteiger partial charge in [0.25, 0.3) is 0 Å². The first kappa shape index (κ1) is 13.8. The number of hydrogen-bond acceptors (Lipinski definition) is 6. The fraction of sp³-hybridized carbons (Fsp3) is 0.636. The number of rotatable bonds is 3. The third-order valence-corrected chi connectivity index (χ3v) is 3.44. The Morgan fingerprint density at radius 3 is 2.88 bits per heavy atom. The Morgan fingerprint density at radius 2 is 2.35 bits per heavy atom. The van der Waals surface area contributed by atoms with Crippen molar-refractivity contribution in [3.63, 3.8) is 0 Å². The number of ether oxygens (including phenoxy) is 1. The molecule has 6 heteroatoms. The van der Waals surface area contributed by atoms with Gasteiger partial charge in [-0.05, 0) is 20.3 Å². The summed E-state index contributed by atoms with van der Waals surface area (Å²) in [5.74, 6) is 0. The molecule has 0 N–H and O–H groups in total. The van der Waals surface area contributed by atoms with E-state index < -0.39 is 0 Å². The molecule has 5 nitrogen and oxygen atoms in total. The normalized spacial score (nSPS) is 18.5. The molecule has 1 aromatic rings. The SMILES string of the molecule is CCO[C@@H]1CCN(c2nc(C)cs2)C1.O=C=O. The van der Waals surface area contributed by atoms with Crippen LogP contribution in [0.3, 0.4) is 0 Å². The lowest BCUT2D eigenvalue weighted by Crippen LogP contribution is -2.22. The summed E-state index contributed by atoms with van der Waals surface area (Å²) in [7, 11) is 0. The van der Waals surface area contributed by atoms with Crippen molar-refractivity contribution >= 4 is 22.6 Å². The zero-order valence-corrected chi connectivity index (χ0v) is 10.8. The first-order valence-corrected chi connectivity index (χ1v) is 6.37. The highest BCUT2D eigenvalue weighted by Crippen LogP contribution is 2.25. The molecule has 0 aromatic carbocycles. The molecule has 0 saturated carbocycles. The molecular weight excluding hydrogens is 240 g/mol. The van der Waals surface area contributed by atoms with E-state index in [2.05, 4.69) is 22.2 Å². The van der Waals surface area contributed by atoms with Crippen LogP contribution in [0.15, 0.2) is 5.38 Å². The maximum Gasteiger partial charge on any atom is 0.373 e. The average molecular weight is 256 g/mol. The predicted molar refractivity (Wildman–Crippen MR) is 64.1 cm³/mol. The molecule has 1 aliphatic rings. The number of anilines is 1. The van der Waals surface area contributed by atoms with E-state index in [1.807, 2.05) is 6.92 Å². The van der Waals surface area contributed by atoms with Crippen molar-refractivity contribution < 1.29 is 14.3 Å². The summed E-state index contributed by atoms with van der Waals surface area (Å²) >= 11 is 1.73. The third-order valence-electron chi connectivity index (χ3n) is 2.42. The highest BCUT2D eigenvalue weighted by atomic mass is 32.1. The van der Waals surface area contributed by atoms with Crippen LogP contribution in [0.1, 0.15) is 19.0 Å². The van der Waals surface area contributed by atoms with Crippen molar-refractivity contribution in [1.82, 2.24) is 4.98 Å². The molecule has 17 heavy (non-hydrogen) atoms. The van der Waals surface area contributed by atoms with Gasteiger partial charge in [0.05, 0.1) is 11.8 Å². The number of aromatic nitrogens is 1. The van der Waals surface area contributed by atoms with Gasteiger partial charge in [-0.3, -0.25) is 0 Å². The van der Waals surface area contributed by atoms with Crippen LogP contribution in [0.4, 0.5) is 5.13 Å². The topological polar surface area (TPSA) is 59.5 Å². The maximum atomic E-state index is 8.12. The van der Waals surface area contributed by atoms with Gasteiger partial charge in [0.1, 0.15) is 0 Å². The fourth-order valence-electron chi connectivity index (χ4n) is 1.76. The average Bonchev–Trinajstić information content (AvgIpc) is 2.89. The molecule has 0 spiro atoms. The summed E-state index contributed by atoms with van der Waals surface area (Å²) in [6, 6.07) is 0. The molecule has 0 bridgehead atoms. The minimum Gasteiger partial charge on any atom is -0.377 e. The molecule has 0 aliphatic carbocycles. The quantitative estimate of drug-likeness (QED) is 0.820. The molecule has 1 aromatic heterocycles. The molecular formula is C11H16N2O3S. The van der Waals surface area contributed by atoms with Crippen molar-refractivity contribution in [1.29, 1.82) is 0 Å². The molecule has 1 fully saturated rings. The summed E-state index contributed by atoms with van der Waals surface area (Å²) in [5, 5.41) is 3.24. The Labute approximate surface area is 104 Å². The molecule has 1 aliphatic heterocycles. The van der Waals surface area contributed by atoms with Crippen LogP contribution in [0, 0.1) is 6.92 Å². The maximum absolute atomic E-state index is 8.12. The summed E-state index contributed by atoms with van der Waals surface area (Å²) in [6.45, 7) is 6.99. The summed E-state index contributed by atoms with van der Waals surface area (Å²) < 4.78 is 5.60. The van der Waals surface area contributed by atoms with Gasteiger partial charge >= 0.3 is 6.15 Å². The monoisotopic (exact) mass is 256 g/mol. The number of hydrogen-bond donors (Lipinski definition) is 0. The van der Waals surface area contributed by atoms with Crippen LogP contribution < -0.4 is 4.90 Å². The Morgan fingerprint density at radius 1 is 1.65 bits per heavy atom. The van der Waals surface area contributed by atoms with E-state index >= 15 is 0 Å². The Kier molecular flexibility index (Phi) is 5.83. The van der Waals surface area contributed by atoms with Crippen molar-refractivity contribution in [3.8, 4) is 0 Å². The lowest BCUT2D eigenvalue weighted by atomic mass is 10.3. The number of thiazole rings is 1. The summed E-state index contributed by atoms with van der Waals surface area (Å²) in [6.07, 6.45) is 1.79. The van der Waals surface area contributed by atoms with Crippen LogP contribution in [-0.4, -0.2) is 36.9 Å².